The maximum atomic E-state index is 11.1. The minimum atomic E-state index is -0.0901. The number of hydrogen-bond donors (Lipinski definition) is 0. The zero-order valence-corrected chi connectivity index (χ0v) is 9.88. The van der Waals surface area contributed by atoms with Crippen LogP contribution in [0.25, 0.3) is 0 Å². The Morgan fingerprint density at radius 1 is 1.31 bits per heavy atom. The van der Waals surface area contributed by atoms with Crippen LogP contribution in [-0.4, -0.2) is 24.5 Å². The summed E-state index contributed by atoms with van der Waals surface area (Å²) < 4.78 is 0. The van der Waals surface area contributed by atoms with Gasteiger partial charge in [0.15, 0.2) is 0 Å². The van der Waals surface area contributed by atoms with Crippen molar-refractivity contribution in [2.24, 2.45) is 5.92 Å². The monoisotopic (exact) mass is 219 g/mol. The molecule has 1 aliphatic heterocycles. The Hall–Kier alpha value is -1.19. The predicted octanol–water partition coefficient (Wildman–Crippen LogP) is 2.12. The van der Waals surface area contributed by atoms with Gasteiger partial charge in [-0.3, -0.25) is 4.84 Å². The summed E-state index contributed by atoms with van der Waals surface area (Å²) in [4.78, 5) is 16.7. The van der Waals surface area contributed by atoms with Crippen LogP contribution in [0.3, 0.4) is 0 Å². The van der Waals surface area contributed by atoms with Gasteiger partial charge in [-0.15, -0.1) is 0 Å². The molecule has 3 atom stereocenters. The van der Waals surface area contributed by atoms with Crippen molar-refractivity contribution in [3.8, 4) is 0 Å². The maximum absolute atomic E-state index is 11.1. The molecule has 0 aliphatic carbocycles. The average molecular weight is 219 g/mol. The van der Waals surface area contributed by atoms with Crippen LogP contribution in [0.15, 0.2) is 24.3 Å². The number of aryl methyl sites for hydroxylation is 1. The van der Waals surface area contributed by atoms with E-state index in [-0.39, 0.29) is 18.1 Å². The number of benzene rings is 1. The van der Waals surface area contributed by atoms with Crippen molar-refractivity contribution in [1.82, 2.24) is 5.06 Å². The number of hydroxylamine groups is 2. The van der Waals surface area contributed by atoms with Crippen molar-refractivity contribution in [2.75, 3.05) is 7.05 Å². The molecule has 86 valence electrons. The molecule has 1 saturated heterocycles. The standard InChI is InChI=1S/C13H17NO2/c1-9-4-6-11(7-5-9)13-12(8-15)10(2)16-14(13)3/h4-8,10,12-13H,1-3H3/t10-,12-,13-/m1/s1. The number of carbonyl (C=O) groups excluding carboxylic acids is 1. The van der Waals surface area contributed by atoms with Crippen molar-refractivity contribution in [2.45, 2.75) is 26.0 Å². The van der Waals surface area contributed by atoms with Gasteiger partial charge >= 0.3 is 0 Å². The normalized spacial score (nSPS) is 30.6. The second-order valence-corrected chi connectivity index (χ2v) is 4.43. The lowest BCUT2D eigenvalue weighted by atomic mass is 9.91. The molecule has 0 bridgehead atoms. The molecule has 2 rings (SSSR count). The molecule has 1 aliphatic rings. The van der Waals surface area contributed by atoms with E-state index in [1.54, 1.807) is 5.06 Å². The molecule has 0 amide bonds. The van der Waals surface area contributed by atoms with E-state index in [1.807, 2.05) is 14.0 Å². The summed E-state index contributed by atoms with van der Waals surface area (Å²) >= 11 is 0. The van der Waals surface area contributed by atoms with E-state index in [4.69, 9.17) is 4.84 Å². The van der Waals surface area contributed by atoms with Gasteiger partial charge in [-0.05, 0) is 19.4 Å². The molecule has 0 N–H and O–H groups in total. The minimum absolute atomic E-state index is 0.0353. The molecule has 0 spiro atoms. The molecule has 1 aromatic carbocycles. The predicted molar refractivity (Wildman–Crippen MR) is 61.8 cm³/mol. The van der Waals surface area contributed by atoms with Gasteiger partial charge in [0.05, 0.1) is 18.1 Å². The van der Waals surface area contributed by atoms with E-state index < -0.39 is 0 Å². The second-order valence-electron chi connectivity index (χ2n) is 4.43. The van der Waals surface area contributed by atoms with Crippen LogP contribution in [0.4, 0.5) is 0 Å². The van der Waals surface area contributed by atoms with Gasteiger partial charge in [0.1, 0.15) is 6.29 Å². The molecule has 1 fully saturated rings. The lowest BCUT2D eigenvalue weighted by Gasteiger charge is -2.20. The Labute approximate surface area is 96.0 Å². The molecule has 16 heavy (non-hydrogen) atoms. The van der Waals surface area contributed by atoms with Crippen LogP contribution in [0.2, 0.25) is 0 Å². The van der Waals surface area contributed by atoms with Crippen LogP contribution in [0, 0.1) is 12.8 Å². The minimum Gasteiger partial charge on any atom is -0.303 e. The third kappa shape index (κ3) is 1.88. The number of carbonyl (C=O) groups is 1. The van der Waals surface area contributed by atoms with Gasteiger partial charge in [0, 0.05) is 7.05 Å². The Kier molecular flexibility index (Phi) is 3.08. The fraction of sp³-hybridized carbons (Fsp3) is 0.462. The highest BCUT2D eigenvalue weighted by Crippen LogP contribution is 2.36. The number of nitrogens with zero attached hydrogens (tertiary/aromatic N) is 1. The van der Waals surface area contributed by atoms with Gasteiger partial charge in [0.25, 0.3) is 0 Å². The molecule has 3 heteroatoms. The van der Waals surface area contributed by atoms with Crippen LogP contribution < -0.4 is 0 Å². The first-order chi connectivity index (χ1) is 7.63. The van der Waals surface area contributed by atoms with Gasteiger partial charge in [-0.25, -0.2) is 0 Å². The molecular weight excluding hydrogens is 202 g/mol. The lowest BCUT2D eigenvalue weighted by molar-refractivity contribution is -0.139. The molecule has 0 radical (unpaired) electrons. The molecule has 1 aromatic rings. The van der Waals surface area contributed by atoms with Crippen LogP contribution in [0.5, 0.6) is 0 Å². The summed E-state index contributed by atoms with van der Waals surface area (Å²) in [7, 11) is 1.88. The van der Waals surface area contributed by atoms with E-state index >= 15 is 0 Å². The summed E-state index contributed by atoms with van der Waals surface area (Å²) in [5.74, 6) is -0.0901. The van der Waals surface area contributed by atoms with E-state index in [1.165, 1.54) is 5.56 Å². The highest BCUT2D eigenvalue weighted by molar-refractivity contribution is 5.57. The van der Waals surface area contributed by atoms with Crippen LogP contribution in [-0.2, 0) is 9.63 Å². The fourth-order valence-corrected chi connectivity index (χ4v) is 2.28. The first-order valence-corrected chi connectivity index (χ1v) is 5.55. The van der Waals surface area contributed by atoms with Crippen molar-refractivity contribution in [3.05, 3.63) is 35.4 Å². The van der Waals surface area contributed by atoms with Crippen molar-refractivity contribution in [1.29, 1.82) is 0 Å². The van der Waals surface area contributed by atoms with Gasteiger partial charge in [-0.1, -0.05) is 29.8 Å². The Bertz CT molecular complexity index is 374. The summed E-state index contributed by atoms with van der Waals surface area (Å²) in [5, 5.41) is 1.79. The molecular formula is C13H17NO2. The average Bonchev–Trinajstić information content (AvgIpc) is 2.54. The number of aldehydes is 1. The van der Waals surface area contributed by atoms with E-state index in [2.05, 4.69) is 31.2 Å². The number of rotatable bonds is 2. The topological polar surface area (TPSA) is 29.5 Å². The summed E-state index contributed by atoms with van der Waals surface area (Å²) in [6, 6.07) is 8.29. The van der Waals surface area contributed by atoms with Gasteiger partial charge < -0.3 is 4.79 Å². The smallest absolute Gasteiger partial charge is 0.127 e. The van der Waals surface area contributed by atoms with Crippen molar-refractivity contribution >= 4 is 6.29 Å². The summed E-state index contributed by atoms with van der Waals surface area (Å²) in [6.07, 6.45) is 0.951. The van der Waals surface area contributed by atoms with E-state index in [0.717, 1.165) is 11.8 Å². The van der Waals surface area contributed by atoms with Crippen LogP contribution >= 0.6 is 0 Å². The lowest BCUT2D eigenvalue weighted by Crippen LogP contribution is -2.21. The molecule has 0 saturated carbocycles. The quantitative estimate of drug-likeness (QED) is 0.713. The third-order valence-corrected chi connectivity index (χ3v) is 3.21. The van der Waals surface area contributed by atoms with Crippen LogP contribution in [0.1, 0.15) is 24.1 Å². The fourth-order valence-electron chi connectivity index (χ4n) is 2.28. The first kappa shape index (κ1) is 11.3. The molecule has 1 heterocycles. The Morgan fingerprint density at radius 2 is 1.94 bits per heavy atom. The second kappa shape index (κ2) is 4.36. The van der Waals surface area contributed by atoms with Gasteiger partial charge in [-0.2, -0.15) is 5.06 Å². The largest absolute Gasteiger partial charge is 0.303 e. The maximum Gasteiger partial charge on any atom is 0.127 e. The molecule has 3 nitrogen and oxygen atoms in total. The Balaban J connectivity index is 2.31. The SMILES string of the molecule is Cc1ccc([C@@H]2[C@H](C=O)[C@@H](C)ON2C)cc1. The summed E-state index contributed by atoms with van der Waals surface area (Å²) in [6.45, 7) is 3.99. The summed E-state index contributed by atoms with van der Waals surface area (Å²) in [5.41, 5.74) is 2.36. The van der Waals surface area contributed by atoms with E-state index in [0.29, 0.717) is 0 Å². The van der Waals surface area contributed by atoms with Crippen molar-refractivity contribution in [3.63, 3.8) is 0 Å². The first-order valence-electron chi connectivity index (χ1n) is 5.55. The Morgan fingerprint density at radius 3 is 2.50 bits per heavy atom. The highest BCUT2D eigenvalue weighted by atomic mass is 16.7. The zero-order chi connectivity index (χ0) is 11.7. The zero-order valence-electron chi connectivity index (χ0n) is 9.88. The third-order valence-electron chi connectivity index (χ3n) is 3.21. The highest BCUT2D eigenvalue weighted by Gasteiger charge is 2.39. The van der Waals surface area contributed by atoms with Crippen molar-refractivity contribution < 1.29 is 9.63 Å². The van der Waals surface area contributed by atoms with E-state index in [9.17, 15) is 4.79 Å². The van der Waals surface area contributed by atoms with Gasteiger partial charge in [0.2, 0.25) is 0 Å². The number of hydrogen-bond acceptors (Lipinski definition) is 3. The molecule has 0 unspecified atom stereocenters. The molecule has 0 aromatic heterocycles.